The molecule has 2 atom stereocenters. The minimum Gasteiger partial charge on any atom is -0.328 e. The first-order chi connectivity index (χ1) is 7.66. The highest BCUT2D eigenvalue weighted by Crippen LogP contribution is 2.23. The van der Waals surface area contributed by atoms with Crippen molar-refractivity contribution in [2.45, 2.75) is 32.4 Å². The monoisotopic (exact) mass is 260 g/mol. The first kappa shape index (κ1) is 12.2. The van der Waals surface area contributed by atoms with Gasteiger partial charge in [0.05, 0.1) is 0 Å². The van der Waals surface area contributed by atoms with Crippen LogP contribution in [0.5, 0.6) is 0 Å². The summed E-state index contributed by atoms with van der Waals surface area (Å²) in [6, 6.07) is 0.270. The third-order valence-electron chi connectivity index (χ3n) is 3.17. The number of nitrogens with two attached hydrogens (primary N) is 1. The van der Waals surface area contributed by atoms with Crippen molar-refractivity contribution in [1.29, 1.82) is 0 Å². The molecule has 2 heterocycles. The molecule has 90 valence electrons. The van der Waals surface area contributed by atoms with E-state index < -0.39 is 0 Å². The van der Waals surface area contributed by atoms with Gasteiger partial charge in [0.2, 0.25) is 0 Å². The molecule has 1 fully saturated rings. The van der Waals surface area contributed by atoms with E-state index in [0.717, 1.165) is 25.3 Å². The molecule has 0 saturated carbocycles. The predicted octanol–water partition coefficient (Wildman–Crippen LogP) is 1.75. The first-order valence-corrected chi connectivity index (χ1v) is 6.76. The second kappa shape index (κ2) is 5.40. The molecule has 1 aromatic heterocycles. The van der Waals surface area contributed by atoms with Gasteiger partial charge in [-0.15, -0.1) is 5.10 Å². The van der Waals surface area contributed by atoms with E-state index in [-0.39, 0.29) is 6.04 Å². The Bertz CT molecular complexity index is 341. The molecule has 1 aliphatic heterocycles. The lowest BCUT2D eigenvalue weighted by atomic mass is 9.92. The van der Waals surface area contributed by atoms with Crippen molar-refractivity contribution in [3.05, 3.63) is 10.0 Å². The molecule has 0 spiro atoms. The molecule has 4 nitrogen and oxygen atoms in total. The van der Waals surface area contributed by atoms with Crippen LogP contribution in [0, 0.1) is 5.92 Å². The molecule has 2 unspecified atom stereocenters. The standard InChI is InChI=1S/C10H17ClN4S/c1-7(12)8-3-2-4-15(5-8)6-9-10(11)16-14-13-9/h7-8H,2-6,12H2,1H3. The Kier molecular flexibility index (Phi) is 4.13. The number of hydrogen-bond acceptors (Lipinski definition) is 5. The molecule has 1 aromatic rings. The number of aromatic nitrogens is 2. The summed E-state index contributed by atoms with van der Waals surface area (Å²) < 4.78 is 4.56. The second-order valence-corrected chi connectivity index (χ2v) is 5.85. The lowest BCUT2D eigenvalue weighted by molar-refractivity contribution is 0.153. The normalized spacial score (nSPS) is 24.6. The molecular weight excluding hydrogens is 244 g/mol. The molecule has 2 N–H and O–H groups in total. The summed E-state index contributed by atoms with van der Waals surface area (Å²) in [5.74, 6) is 0.596. The van der Waals surface area contributed by atoms with Crippen molar-refractivity contribution in [2.24, 2.45) is 11.7 Å². The molecule has 0 bridgehead atoms. The topological polar surface area (TPSA) is 55.0 Å². The van der Waals surface area contributed by atoms with Crippen LogP contribution in [0.25, 0.3) is 0 Å². The van der Waals surface area contributed by atoms with Gasteiger partial charge in [0, 0.05) is 30.7 Å². The Hall–Kier alpha value is -0.230. The SMILES string of the molecule is CC(N)C1CCCN(Cc2nnsc2Cl)C1. The highest BCUT2D eigenvalue weighted by atomic mass is 35.5. The number of rotatable bonds is 3. The Morgan fingerprint density at radius 1 is 1.69 bits per heavy atom. The summed E-state index contributed by atoms with van der Waals surface area (Å²) in [5, 5.41) is 4.04. The third kappa shape index (κ3) is 2.91. The molecule has 1 aliphatic rings. The van der Waals surface area contributed by atoms with Crippen molar-refractivity contribution >= 4 is 23.1 Å². The van der Waals surface area contributed by atoms with Gasteiger partial charge >= 0.3 is 0 Å². The van der Waals surface area contributed by atoms with Crippen LogP contribution in [0.1, 0.15) is 25.5 Å². The van der Waals surface area contributed by atoms with Gasteiger partial charge in [-0.25, -0.2) is 0 Å². The zero-order valence-corrected chi connectivity index (χ0v) is 11.0. The summed E-state index contributed by atoms with van der Waals surface area (Å²) in [6.45, 7) is 5.05. The van der Waals surface area contributed by atoms with Gasteiger partial charge in [-0.3, -0.25) is 4.90 Å². The number of nitrogens with zero attached hydrogens (tertiary/aromatic N) is 3. The minimum atomic E-state index is 0.270. The van der Waals surface area contributed by atoms with Gasteiger partial charge in [-0.05, 0) is 32.2 Å². The van der Waals surface area contributed by atoms with Crippen LogP contribution in [0.15, 0.2) is 0 Å². The van der Waals surface area contributed by atoms with E-state index in [2.05, 4.69) is 21.4 Å². The molecule has 2 rings (SSSR count). The Morgan fingerprint density at radius 3 is 3.12 bits per heavy atom. The fourth-order valence-corrected chi connectivity index (χ4v) is 2.78. The Balaban J connectivity index is 1.93. The minimum absolute atomic E-state index is 0.270. The maximum Gasteiger partial charge on any atom is 0.138 e. The van der Waals surface area contributed by atoms with Crippen molar-refractivity contribution < 1.29 is 0 Å². The Labute approximate surface area is 105 Å². The third-order valence-corrected chi connectivity index (χ3v) is 4.15. The maximum absolute atomic E-state index is 6.00. The zero-order chi connectivity index (χ0) is 11.5. The molecule has 6 heteroatoms. The van der Waals surface area contributed by atoms with E-state index in [1.54, 1.807) is 0 Å². The van der Waals surface area contributed by atoms with Gasteiger partial charge in [-0.2, -0.15) is 0 Å². The van der Waals surface area contributed by atoms with Gasteiger partial charge in [0.1, 0.15) is 10.0 Å². The zero-order valence-electron chi connectivity index (χ0n) is 9.40. The molecule has 16 heavy (non-hydrogen) atoms. The van der Waals surface area contributed by atoms with Crippen LogP contribution in [0.4, 0.5) is 0 Å². The average Bonchev–Trinajstić information content (AvgIpc) is 2.65. The highest BCUT2D eigenvalue weighted by Gasteiger charge is 2.23. The van der Waals surface area contributed by atoms with Crippen LogP contribution in [-0.2, 0) is 6.54 Å². The summed E-state index contributed by atoms with van der Waals surface area (Å²) in [4.78, 5) is 2.38. The van der Waals surface area contributed by atoms with E-state index in [1.165, 1.54) is 24.4 Å². The predicted molar refractivity (Wildman–Crippen MR) is 66.6 cm³/mol. The smallest absolute Gasteiger partial charge is 0.138 e. The fraction of sp³-hybridized carbons (Fsp3) is 0.800. The van der Waals surface area contributed by atoms with Gasteiger partial charge in [0.25, 0.3) is 0 Å². The summed E-state index contributed by atoms with van der Waals surface area (Å²) in [5.41, 5.74) is 6.85. The van der Waals surface area contributed by atoms with Crippen LogP contribution in [-0.4, -0.2) is 33.6 Å². The maximum atomic E-state index is 6.00. The molecule has 1 saturated heterocycles. The van der Waals surface area contributed by atoms with E-state index in [1.807, 2.05) is 0 Å². The Morgan fingerprint density at radius 2 is 2.50 bits per heavy atom. The fourth-order valence-electron chi connectivity index (χ4n) is 2.17. The van der Waals surface area contributed by atoms with E-state index in [4.69, 9.17) is 17.3 Å². The van der Waals surface area contributed by atoms with Gasteiger partial charge in [0.15, 0.2) is 0 Å². The largest absolute Gasteiger partial charge is 0.328 e. The number of likely N-dealkylation sites (tertiary alicyclic amines) is 1. The quantitative estimate of drug-likeness (QED) is 0.900. The van der Waals surface area contributed by atoms with Crippen molar-refractivity contribution in [1.82, 2.24) is 14.5 Å². The number of piperidine rings is 1. The molecule has 0 amide bonds. The van der Waals surface area contributed by atoms with Gasteiger partial charge < -0.3 is 5.73 Å². The molecule has 0 aliphatic carbocycles. The molecular formula is C10H17ClN4S. The van der Waals surface area contributed by atoms with E-state index >= 15 is 0 Å². The van der Waals surface area contributed by atoms with Crippen LogP contribution in [0.2, 0.25) is 4.34 Å². The number of hydrogen-bond donors (Lipinski definition) is 1. The average molecular weight is 261 g/mol. The molecule has 0 radical (unpaired) electrons. The van der Waals surface area contributed by atoms with Crippen LogP contribution in [0.3, 0.4) is 0 Å². The lowest BCUT2D eigenvalue weighted by Gasteiger charge is -2.34. The van der Waals surface area contributed by atoms with Crippen molar-refractivity contribution in [2.75, 3.05) is 13.1 Å². The van der Waals surface area contributed by atoms with E-state index in [0.29, 0.717) is 10.3 Å². The first-order valence-electron chi connectivity index (χ1n) is 5.61. The van der Waals surface area contributed by atoms with Crippen LogP contribution >= 0.6 is 23.1 Å². The summed E-state index contributed by atoms with van der Waals surface area (Å²) >= 11 is 7.25. The van der Waals surface area contributed by atoms with E-state index in [9.17, 15) is 0 Å². The second-order valence-electron chi connectivity index (χ2n) is 4.49. The van der Waals surface area contributed by atoms with Crippen molar-refractivity contribution in [3.63, 3.8) is 0 Å². The highest BCUT2D eigenvalue weighted by molar-refractivity contribution is 7.10. The number of halogens is 1. The summed E-state index contributed by atoms with van der Waals surface area (Å²) in [7, 11) is 0. The van der Waals surface area contributed by atoms with Gasteiger partial charge in [-0.1, -0.05) is 16.1 Å². The molecule has 0 aromatic carbocycles. The van der Waals surface area contributed by atoms with Crippen LogP contribution < -0.4 is 5.73 Å². The lowest BCUT2D eigenvalue weighted by Crippen LogP contribution is -2.42. The van der Waals surface area contributed by atoms with Crippen molar-refractivity contribution in [3.8, 4) is 0 Å². The summed E-state index contributed by atoms with van der Waals surface area (Å²) in [6.07, 6.45) is 2.44.